The van der Waals surface area contributed by atoms with Crippen LogP contribution in [0.1, 0.15) is 23.2 Å². The van der Waals surface area contributed by atoms with Crippen molar-refractivity contribution in [3.63, 3.8) is 0 Å². The highest BCUT2D eigenvalue weighted by molar-refractivity contribution is 7.12. The van der Waals surface area contributed by atoms with E-state index in [-0.39, 0.29) is 6.61 Å². The third-order valence-corrected chi connectivity index (χ3v) is 6.27. The lowest BCUT2D eigenvalue weighted by Gasteiger charge is -2.41. The van der Waals surface area contributed by atoms with Gasteiger partial charge in [0.25, 0.3) is 0 Å². The van der Waals surface area contributed by atoms with Crippen molar-refractivity contribution in [3.05, 3.63) is 71.0 Å². The average Bonchev–Trinajstić information content (AvgIpc) is 3.37. The zero-order valence-corrected chi connectivity index (χ0v) is 17.2. The Kier molecular flexibility index (Phi) is 6.22. The number of hydrogen-bond acceptors (Lipinski definition) is 5. The molecule has 0 spiro atoms. The molecule has 6 heteroatoms. The maximum atomic E-state index is 9.59. The summed E-state index contributed by atoms with van der Waals surface area (Å²) in [4.78, 5) is 9.47. The van der Waals surface area contributed by atoms with Crippen molar-refractivity contribution in [3.8, 4) is 5.13 Å². The molecule has 0 bridgehead atoms. The van der Waals surface area contributed by atoms with E-state index < -0.39 is 0 Å². The molecule has 148 valence electrons. The monoisotopic (exact) mass is 396 g/mol. The number of thiazole rings is 1. The average molecular weight is 397 g/mol. The van der Waals surface area contributed by atoms with Crippen molar-refractivity contribution >= 4 is 11.3 Å². The van der Waals surface area contributed by atoms with Gasteiger partial charge in [0, 0.05) is 68.8 Å². The van der Waals surface area contributed by atoms with Crippen molar-refractivity contribution < 1.29 is 5.11 Å². The van der Waals surface area contributed by atoms with Gasteiger partial charge in [-0.2, -0.15) is 0 Å². The van der Waals surface area contributed by atoms with Crippen molar-refractivity contribution in [2.75, 3.05) is 26.2 Å². The fourth-order valence-corrected chi connectivity index (χ4v) is 4.61. The van der Waals surface area contributed by atoms with Crippen LogP contribution < -0.4 is 0 Å². The molecule has 3 heterocycles. The standard InChI is InChI=1S/C22H28N4OS/c1-18-4-6-19(7-5-18)15-25-12-11-24(16-20(25)8-13-27)17-21-3-2-10-26(21)22-23-9-14-28-22/h2-7,9-10,14,20,27H,8,11-13,15-17H2,1H3. The van der Waals surface area contributed by atoms with Crippen LogP contribution in [0.15, 0.2) is 54.2 Å². The summed E-state index contributed by atoms with van der Waals surface area (Å²) in [6.07, 6.45) is 4.76. The van der Waals surface area contributed by atoms with E-state index in [1.165, 1.54) is 16.8 Å². The first-order chi connectivity index (χ1) is 13.7. The number of piperazine rings is 1. The Labute approximate surface area is 170 Å². The molecule has 0 amide bonds. The van der Waals surface area contributed by atoms with E-state index in [2.05, 4.69) is 68.9 Å². The molecule has 28 heavy (non-hydrogen) atoms. The molecule has 1 saturated heterocycles. The topological polar surface area (TPSA) is 44.5 Å². The summed E-state index contributed by atoms with van der Waals surface area (Å²) in [6, 6.07) is 13.5. The molecule has 3 aromatic rings. The predicted molar refractivity (Wildman–Crippen MR) is 114 cm³/mol. The third-order valence-electron chi connectivity index (χ3n) is 5.50. The van der Waals surface area contributed by atoms with Crippen LogP contribution >= 0.6 is 11.3 Å². The lowest BCUT2D eigenvalue weighted by atomic mass is 10.1. The minimum absolute atomic E-state index is 0.235. The number of hydrogen-bond donors (Lipinski definition) is 1. The van der Waals surface area contributed by atoms with E-state index in [9.17, 15) is 5.11 Å². The minimum atomic E-state index is 0.235. The van der Waals surface area contributed by atoms with Crippen LogP contribution in [0.4, 0.5) is 0 Å². The second-order valence-corrected chi connectivity index (χ2v) is 8.41. The Morgan fingerprint density at radius 1 is 1.14 bits per heavy atom. The minimum Gasteiger partial charge on any atom is -0.396 e. The van der Waals surface area contributed by atoms with Crippen molar-refractivity contribution in [2.45, 2.75) is 32.5 Å². The summed E-state index contributed by atoms with van der Waals surface area (Å²) in [5, 5.41) is 12.6. The first-order valence-electron chi connectivity index (χ1n) is 9.92. The number of aliphatic hydroxyl groups is 1. The SMILES string of the molecule is Cc1ccc(CN2CCN(Cc3cccn3-c3nccs3)CC2CCO)cc1. The van der Waals surface area contributed by atoms with Gasteiger partial charge >= 0.3 is 0 Å². The van der Waals surface area contributed by atoms with E-state index >= 15 is 0 Å². The number of aliphatic hydroxyl groups excluding tert-OH is 1. The Morgan fingerprint density at radius 3 is 2.75 bits per heavy atom. The van der Waals surface area contributed by atoms with Gasteiger partial charge in [0.15, 0.2) is 5.13 Å². The Bertz CT molecular complexity index is 859. The van der Waals surface area contributed by atoms with E-state index in [0.29, 0.717) is 6.04 Å². The summed E-state index contributed by atoms with van der Waals surface area (Å²) in [6.45, 7) is 7.26. The van der Waals surface area contributed by atoms with E-state index in [1.807, 2.05) is 11.6 Å². The molecule has 1 aliphatic heterocycles. The molecule has 1 aromatic carbocycles. The van der Waals surface area contributed by atoms with Gasteiger partial charge in [0.05, 0.1) is 0 Å². The maximum absolute atomic E-state index is 9.59. The molecule has 1 aliphatic rings. The van der Waals surface area contributed by atoms with Crippen LogP contribution in [0.5, 0.6) is 0 Å². The van der Waals surface area contributed by atoms with Gasteiger partial charge in [-0.15, -0.1) is 11.3 Å². The van der Waals surface area contributed by atoms with Gasteiger partial charge in [0.2, 0.25) is 0 Å². The second-order valence-electron chi connectivity index (χ2n) is 7.54. The number of nitrogens with zero attached hydrogens (tertiary/aromatic N) is 4. The molecule has 0 saturated carbocycles. The highest BCUT2D eigenvalue weighted by Gasteiger charge is 2.27. The predicted octanol–water partition coefficient (Wildman–Crippen LogP) is 3.31. The molecule has 1 unspecified atom stereocenters. The molecule has 4 rings (SSSR count). The van der Waals surface area contributed by atoms with Gasteiger partial charge in [-0.3, -0.25) is 14.4 Å². The molecule has 5 nitrogen and oxygen atoms in total. The van der Waals surface area contributed by atoms with Gasteiger partial charge in [-0.25, -0.2) is 4.98 Å². The molecule has 2 aromatic heterocycles. The fraction of sp³-hybridized carbons (Fsp3) is 0.409. The Morgan fingerprint density at radius 2 is 2.00 bits per heavy atom. The van der Waals surface area contributed by atoms with Crippen LogP contribution in [0.25, 0.3) is 5.13 Å². The number of rotatable bonds is 7. The lowest BCUT2D eigenvalue weighted by molar-refractivity contribution is 0.0492. The quantitative estimate of drug-likeness (QED) is 0.665. The summed E-state index contributed by atoms with van der Waals surface area (Å²) in [5.41, 5.74) is 3.91. The highest BCUT2D eigenvalue weighted by Crippen LogP contribution is 2.21. The highest BCUT2D eigenvalue weighted by atomic mass is 32.1. The number of aryl methyl sites for hydroxylation is 1. The van der Waals surface area contributed by atoms with Crippen LogP contribution in [0.2, 0.25) is 0 Å². The van der Waals surface area contributed by atoms with Crippen LogP contribution in [-0.4, -0.2) is 56.7 Å². The van der Waals surface area contributed by atoms with Gasteiger partial charge in [-0.1, -0.05) is 29.8 Å². The normalized spacial score (nSPS) is 18.6. The van der Waals surface area contributed by atoms with Gasteiger partial charge in [-0.05, 0) is 31.0 Å². The molecule has 1 N–H and O–H groups in total. The molecule has 1 atom stereocenters. The van der Waals surface area contributed by atoms with Crippen LogP contribution in [0, 0.1) is 6.92 Å². The summed E-state index contributed by atoms with van der Waals surface area (Å²) in [5.74, 6) is 0. The van der Waals surface area contributed by atoms with E-state index in [4.69, 9.17) is 0 Å². The van der Waals surface area contributed by atoms with E-state index in [0.717, 1.165) is 44.3 Å². The second kappa shape index (κ2) is 9.01. The third kappa shape index (κ3) is 4.52. The zero-order valence-electron chi connectivity index (χ0n) is 16.4. The Hall–Kier alpha value is -1.99. The maximum Gasteiger partial charge on any atom is 0.193 e. The molecule has 0 radical (unpaired) electrons. The lowest BCUT2D eigenvalue weighted by Crippen LogP contribution is -2.52. The Balaban J connectivity index is 1.42. The number of benzene rings is 1. The van der Waals surface area contributed by atoms with Crippen LogP contribution in [-0.2, 0) is 13.1 Å². The number of aromatic nitrogens is 2. The molecular formula is C22H28N4OS. The molecular weight excluding hydrogens is 368 g/mol. The molecule has 0 aliphatic carbocycles. The summed E-state index contributed by atoms with van der Waals surface area (Å²) < 4.78 is 2.18. The van der Waals surface area contributed by atoms with Crippen molar-refractivity contribution in [2.24, 2.45) is 0 Å². The van der Waals surface area contributed by atoms with Gasteiger partial charge in [0.1, 0.15) is 0 Å². The van der Waals surface area contributed by atoms with Crippen molar-refractivity contribution in [1.29, 1.82) is 0 Å². The van der Waals surface area contributed by atoms with Gasteiger partial charge < -0.3 is 5.11 Å². The van der Waals surface area contributed by atoms with E-state index in [1.54, 1.807) is 11.3 Å². The molecule has 1 fully saturated rings. The first kappa shape index (κ1) is 19.3. The van der Waals surface area contributed by atoms with Crippen LogP contribution in [0.3, 0.4) is 0 Å². The summed E-state index contributed by atoms with van der Waals surface area (Å²) in [7, 11) is 0. The van der Waals surface area contributed by atoms with Crippen molar-refractivity contribution in [1.82, 2.24) is 19.4 Å². The fourth-order valence-electron chi connectivity index (χ4n) is 3.96. The first-order valence-corrected chi connectivity index (χ1v) is 10.8. The smallest absolute Gasteiger partial charge is 0.193 e. The zero-order chi connectivity index (χ0) is 19.3. The summed E-state index contributed by atoms with van der Waals surface area (Å²) >= 11 is 1.66. The largest absolute Gasteiger partial charge is 0.396 e.